The van der Waals surface area contributed by atoms with Gasteiger partial charge in [0.25, 0.3) is 5.91 Å². The molecule has 2 aromatic heterocycles. The summed E-state index contributed by atoms with van der Waals surface area (Å²) in [5, 5.41) is 10.2. The number of amides is 3. The van der Waals surface area contributed by atoms with E-state index in [-0.39, 0.29) is 29.0 Å². The van der Waals surface area contributed by atoms with E-state index in [2.05, 4.69) is 20.7 Å². The lowest BCUT2D eigenvalue weighted by atomic mass is 10.1. The smallest absolute Gasteiger partial charge is 0.317 e. The minimum atomic E-state index is -3.05. The molecular formula is C23H26N6O5S. The number of methoxy groups -OCH3 is 1. The molecule has 0 atom stereocenters. The fourth-order valence-corrected chi connectivity index (χ4v) is 5.49. The van der Waals surface area contributed by atoms with Crippen LogP contribution in [-0.2, 0) is 9.84 Å². The maximum absolute atomic E-state index is 13.1. The number of ether oxygens (including phenoxy) is 1. The van der Waals surface area contributed by atoms with Crippen LogP contribution in [0, 0.1) is 6.92 Å². The number of nitrogens with two attached hydrogens (primary N) is 1. The van der Waals surface area contributed by atoms with Gasteiger partial charge >= 0.3 is 6.03 Å². The van der Waals surface area contributed by atoms with Crippen LogP contribution < -0.4 is 21.1 Å². The topological polar surface area (TPSA) is 158 Å². The molecule has 3 aromatic rings. The number of sulfone groups is 1. The number of nitrogens with one attached hydrogen (secondary N) is 2. The molecule has 1 aliphatic heterocycles. The summed E-state index contributed by atoms with van der Waals surface area (Å²) in [7, 11) is -1.63. The van der Waals surface area contributed by atoms with Crippen LogP contribution in [0.25, 0.3) is 16.9 Å². The molecule has 0 unspecified atom stereocenters. The Labute approximate surface area is 202 Å². The number of urea groups is 1. The molecule has 3 heterocycles. The molecule has 4 rings (SSSR count). The van der Waals surface area contributed by atoms with Crippen LogP contribution in [0.2, 0.25) is 0 Å². The predicted octanol–water partition coefficient (Wildman–Crippen LogP) is 2.05. The number of pyridine rings is 1. The first-order valence-electron chi connectivity index (χ1n) is 11.0. The molecule has 0 spiro atoms. The van der Waals surface area contributed by atoms with E-state index in [1.807, 2.05) is 30.3 Å². The molecule has 12 heteroatoms. The molecule has 4 N–H and O–H groups in total. The van der Waals surface area contributed by atoms with Crippen molar-refractivity contribution in [3.8, 4) is 22.8 Å². The van der Waals surface area contributed by atoms with Gasteiger partial charge in [-0.25, -0.2) is 22.9 Å². The third-order valence-corrected chi connectivity index (χ3v) is 7.53. The number of rotatable bonds is 6. The van der Waals surface area contributed by atoms with Crippen LogP contribution in [0.15, 0.2) is 42.6 Å². The number of carbonyl (C=O) groups is 2. The predicted molar refractivity (Wildman–Crippen MR) is 130 cm³/mol. The van der Waals surface area contributed by atoms with Gasteiger partial charge in [-0.05, 0) is 38.0 Å². The van der Waals surface area contributed by atoms with Gasteiger partial charge in [-0.1, -0.05) is 18.2 Å². The van der Waals surface area contributed by atoms with Crippen molar-refractivity contribution < 1.29 is 22.7 Å². The van der Waals surface area contributed by atoms with Crippen LogP contribution in [0.3, 0.4) is 0 Å². The van der Waals surface area contributed by atoms with Gasteiger partial charge in [-0.2, -0.15) is 5.10 Å². The van der Waals surface area contributed by atoms with Crippen LogP contribution in [0.4, 0.5) is 10.6 Å². The highest BCUT2D eigenvalue weighted by Gasteiger charge is 2.27. The SMILES string of the molecule is COc1ncc(-c2nn(-c3ccccc3)c(NC(N)=O)c2C)cc1C(=O)NC1CCS(=O)(=O)CC1. The van der Waals surface area contributed by atoms with Gasteiger partial charge < -0.3 is 15.8 Å². The average molecular weight is 499 g/mol. The molecule has 0 aliphatic carbocycles. The first-order chi connectivity index (χ1) is 16.7. The van der Waals surface area contributed by atoms with Gasteiger partial charge in [0.15, 0.2) is 0 Å². The molecule has 35 heavy (non-hydrogen) atoms. The summed E-state index contributed by atoms with van der Waals surface area (Å²) in [5.74, 6) is 0.184. The van der Waals surface area contributed by atoms with Crippen molar-refractivity contribution in [3.63, 3.8) is 0 Å². The molecule has 1 aliphatic rings. The van der Waals surface area contributed by atoms with Crippen molar-refractivity contribution >= 4 is 27.6 Å². The summed E-state index contributed by atoms with van der Waals surface area (Å²) in [4.78, 5) is 29.0. The van der Waals surface area contributed by atoms with E-state index in [9.17, 15) is 18.0 Å². The molecule has 0 radical (unpaired) electrons. The molecule has 1 saturated heterocycles. The molecule has 184 valence electrons. The van der Waals surface area contributed by atoms with E-state index in [1.165, 1.54) is 13.3 Å². The average Bonchev–Trinajstić information content (AvgIpc) is 3.16. The van der Waals surface area contributed by atoms with Gasteiger partial charge in [0, 0.05) is 23.4 Å². The Morgan fingerprint density at radius 1 is 1.17 bits per heavy atom. The minimum absolute atomic E-state index is 0.0408. The lowest BCUT2D eigenvalue weighted by molar-refractivity contribution is 0.0930. The van der Waals surface area contributed by atoms with E-state index in [4.69, 9.17) is 10.5 Å². The monoisotopic (exact) mass is 498 g/mol. The van der Waals surface area contributed by atoms with Crippen molar-refractivity contribution in [2.75, 3.05) is 23.9 Å². The highest BCUT2D eigenvalue weighted by atomic mass is 32.2. The van der Waals surface area contributed by atoms with Crippen LogP contribution in [-0.4, -0.2) is 59.8 Å². The van der Waals surface area contributed by atoms with Gasteiger partial charge in [0.2, 0.25) is 5.88 Å². The lowest BCUT2D eigenvalue weighted by Gasteiger charge is -2.23. The van der Waals surface area contributed by atoms with Crippen molar-refractivity contribution in [3.05, 3.63) is 53.7 Å². The quantitative estimate of drug-likeness (QED) is 0.469. The second-order valence-electron chi connectivity index (χ2n) is 8.24. The van der Waals surface area contributed by atoms with Gasteiger partial charge in [-0.15, -0.1) is 0 Å². The van der Waals surface area contributed by atoms with Crippen molar-refractivity contribution in [1.29, 1.82) is 0 Å². The summed E-state index contributed by atoms with van der Waals surface area (Å²) < 4.78 is 30.2. The third kappa shape index (κ3) is 5.27. The molecule has 0 saturated carbocycles. The standard InChI is InChI=1S/C23H26N6O5S/c1-14-19(28-29(20(14)27-23(24)31)17-6-4-3-5-7-17)15-12-18(22(34-2)25-13-15)21(30)26-16-8-10-35(32,33)11-9-16/h3-7,12-13,16H,8-11H2,1-2H3,(H,26,30)(H3,24,27,31). The number of carbonyl (C=O) groups excluding carboxylic acids is 2. The number of primary amides is 1. The number of aromatic nitrogens is 3. The Morgan fingerprint density at radius 3 is 2.49 bits per heavy atom. The summed E-state index contributed by atoms with van der Waals surface area (Å²) >= 11 is 0. The Balaban J connectivity index is 1.70. The van der Waals surface area contributed by atoms with Crippen LogP contribution >= 0.6 is 0 Å². The Hall–Kier alpha value is -3.93. The summed E-state index contributed by atoms with van der Waals surface area (Å²) in [6, 6.07) is 9.82. The van der Waals surface area contributed by atoms with Crippen LogP contribution in [0.1, 0.15) is 28.8 Å². The van der Waals surface area contributed by atoms with E-state index in [0.717, 1.165) is 0 Å². The third-order valence-electron chi connectivity index (χ3n) is 5.82. The number of para-hydroxylation sites is 1. The molecule has 1 fully saturated rings. The Kier molecular flexibility index (Phi) is 6.74. The molecule has 0 bridgehead atoms. The van der Waals surface area contributed by atoms with Crippen LogP contribution in [0.5, 0.6) is 5.88 Å². The zero-order chi connectivity index (χ0) is 25.2. The second kappa shape index (κ2) is 9.74. The molecule has 3 amide bonds. The van der Waals surface area contributed by atoms with Gasteiger partial charge in [0.1, 0.15) is 21.2 Å². The minimum Gasteiger partial charge on any atom is -0.480 e. The highest BCUT2D eigenvalue weighted by Crippen LogP contribution is 2.32. The second-order valence-corrected chi connectivity index (χ2v) is 10.5. The lowest BCUT2D eigenvalue weighted by Crippen LogP contribution is -2.41. The Morgan fingerprint density at radius 2 is 1.86 bits per heavy atom. The zero-order valence-corrected chi connectivity index (χ0v) is 20.1. The molecule has 11 nitrogen and oxygen atoms in total. The van der Waals surface area contributed by atoms with Crippen molar-refractivity contribution in [2.24, 2.45) is 5.73 Å². The summed E-state index contributed by atoms with van der Waals surface area (Å²) in [6.07, 6.45) is 2.24. The highest BCUT2D eigenvalue weighted by molar-refractivity contribution is 7.91. The maximum atomic E-state index is 13.1. The van der Waals surface area contributed by atoms with E-state index >= 15 is 0 Å². The van der Waals surface area contributed by atoms with Gasteiger partial charge in [-0.3, -0.25) is 10.1 Å². The van der Waals surface area contributed by atoms with E-state index < -0.39 is 21.8 Å². The van der Waals surface area contributed by atoms with Crippen molar-refractivity contribution in [1.82, 2.24) is 20.1 Å². The van der Waals surface area contributed by atoms with E-state index in [1.54, 1.807) is 17.7 Å². The number of hydrogen-bond acceptors (Lipinski definition) is 7. The first kappa shape index (κ1) is 24.2. The number of nitrogens with zero attached hydrogens (tertiary/aromatic N) is 3. The summed E-state index contributed by atoms with van der Waals surface area (Å²) in [5.41, 5.74) is 7.93. The fraction of sp³-hybridized carbons (Fsp3) is 0.304. The first-order valence-corrected chi connectivity index (χ1v) is 12.8. The Bertz CT molecular complexity index is 1360. The largest absolute Gasteiger partial charge is 0.480 e. The molecular weight excluding hydrogens is 472 g/mol. The zero-order valence-electron chi connectivity index (χ0n) is 19.3. The summed E-state index contributed by atoms with van der Waals surface area (Å²) in [6.45, 7) is 1.78. The fourth-order valence-electron chi connectivity index (χ4n) is 3.99. The van der Waals surface area contributed by atoms with E-state index in [0.29, 0.717) is 41.2 Å². The maximum Gasteiger partial charge on any atom is 0.317 e. The number of benzene rings is 1. The van der Waals surface area contributed by atoms with Gasteiger partial charge in [0.05, 0.1) is 30.0 Å². The molecule has 1 aromatic carbocycles. The number of anilines is 1. The number of hydrogen-bond donors (Lipinski definition) is 3. The normalized spacial score (nSPS) is 15.4. The van der Waals surface area contributed by atoms with Crippen molar-refractivity contribution in [2.45, 2.75) is 25.8 Å².